The first-order valence-electron chi connectivity index (χ1n) is 5.43. The van der Waals surface area contributed by atoms with Crippen molar-refractivity contribution in [2.45, 2.75) is 19.6 Å². The van der Waals surface area contributed by atoms with Crippen molar-refractivity contribution < 1.29 is 4.74 Å². The number of morpholine rings is 1. The van der Waals surface area contributed by atoms with Gasteiger partial charge in [-0.15, -0.1) is 0 Å². The van der Waals surface area contributed by atoms with E-state index in [0.29, 0.717) is 13.2 Å². The zero-order valence-electron chi connectivity index (χ0n) is 9.39. The van der Waals surface area contributed by atoms with E-state index >= 15 is 0 Å². The third-order valence-electron chi connectivity index (χ3n) is 2.79. The third kappa shape index (κ3) is 2.57. The summed E-state index contributed by atoms with van der Waals surface area (Å²) < 4.78 is 5.30. The maximum atomic E-state index is 8.81. The van der Waals surface area contributed by atoms with E-state index < -0.39 is 0 Å². The Balaban J connectivity index is 2.00. The summed E-state index contributed by atoms with van der Waals surface area (Å²) in [5, 5.41) is 8.81. The zero-order valence-corrected chi connectivity index (χ0v) is 9.39. The van der Waals surface area contributed by atoms with Crippen molar-refractivity contribution in [3.63, 3.8) is 0 Å². The Bertz CT molecular complexity index is 399. The second-order valence-corrected chi connectivity index (χ2v) is 3.99. The minimum atomic E-state index is -0.294. The van der Waals surface area contributed by atoms with Gasteiger partial charge in [0.25, 0.3) is 0 Å². The molecule has 1 aromatic rings. The number of nitriles is 1. The van der Waals surface area contributed by atoms with Gasteiger partial charge in [-0.25, -0.2) is 0 Å². The molecule has 1 aromatic heterocycles. The minimum absolute atomic E-state index is 0.294. The molecular formula is C12H15N3O. The van der Waals surface area contributed by atoms with E-state index in [-0.39, 0.29) is 6.10 Å². The smallest absolute Gasteiger partial charge is 0.156 e. The van der Waals surface area contributed by atoms with Gasteiger partial charge in [0.1, 0.15) is 0 Å². The van der Waals surface area contributed by atoms with Gasteiger partial charge in [-0.1, -0.05) is 6.07 Å². The highest BCUT2D eigenvalue weighted by Gasteiger charge is 2.20. The summed E-state index contributed by atoms with van der Waals surface area (Å²) in [5.74, 6) is 0. The van der Waals surface area contributed by atoms with Crippen LogP contribution in [0.2, 0.25) is 0 Å². The van der Waals surface area contributed by atoms with E-state index in [1.807, 2.05) is 12.3 Å². The van der Waals surface area contributed by atoms with Crippen molar-refractivity contribution in [2.75, 3.05) is 19.7 Å². The second kappa shape index (κ2) is 5.06. The van der Waals surface area contributed by atoms with Gasteiger partial charge in [-0.2, -0.15) is 5.26 Å². The summed E-state index contributed by atoms with van der Waals surface area (Å²) >= 11 is 0. The highest BCUT2D eigenvalue weighted by molar-refractivity contribution is 5.17. The Hall–Kier alpha value is -1.44. The number of aryl methyl sites for hydroxylation is 1. The Morgan fingerprint density at radius 1 is 1.69 bits per heavy atom. The minimum Gasteiger partial charge on any atom is -0.361 e. The molecule has 0 saturated carbocycles. The van der Waals surface area contributed by atoms with Crippen molar-refractivity contribution in [3.05, 3.63) is 29.6 Å². The van der Waals surface area contributed by atoms with Crippen LogP contribution in [0.15, 0.2) is 18.3 Å². The topological polar surface area (TPSA) is 49.2 Å². The number of hydrogen-bond donors (Lipinski definition) is 0. The van der Waals surface area contributed by atoms with Crippen LogP contribution in [-0.2, 0) is 11.3 Å². The number of nitrogens with zero attached hydrogens (tertiary/aromatic N) is 3. The molecule has 1 aliphatic heterocycles. The molecule has 84 valence electrons. The van der Waals surface area contributed by atoms with Crippen molar-refractivity contribution >= 4 is 0 Å². The first kappa shape index (κ1) is 11.1. The zero-order chi connectivity index (χ0) is 11.4. The lowest BCUT2D eigenvalue weighted by molar-refractivity contribution is -0.00319. The van der Waals surface area contributed by atoms with Crippen LogP contribution in [0.1, 0.15) is 11.3 Å². The van der Waals surface area contributed by atoms with Gasteiger partial charge < -0.3 is 4.74 Å². The molecule has 2 rings (SSSR count). The monoisotopic (exact) mass is 217 g/mol. The molecule has 0 radical (unpaired) electrons. The predicted octanol–water partition coefficient (Wildman–Crippen LogP) is 1.11. The SMILES string of the molecule is Cc1cccnc1CN1CCOC(C#N)C1. The first-order chi connectivity index (χ1) is 7.79. The third-order valence-corrected chi connectivity index (χ3v) is 2.79. The van der Waals surface area contributed by atoms with Gasteiger partial charge in [0.05, 0.1) is 18.4 Å². The van der Waals surface area contributed by atoms with E-state index in [1.54, 1.807) is 0 Å². The lowest BCUT2D eigenvalue weighted by atomic mass is 10.2. The van der Waals surface area contributed by atoms with Gasteiger partial charge in [0.2, 0.25) is 0 Å². The van der Waals surface area contributed by atoms with Gasteiger partial charge in [0.15, 0.2) is 6.10 Å². The van der Waals surface area contributed by atoms with Gasteiger partial charge in [0, 0.05) is 25.8 Å². The first-order valence-corrected chi connectivity index (χ1v) is 5.43. The van der Waals surface area contributed by atoms with Crippen LogP contribution >= 0.6 is 0 Å². The molecule has 1 saturated heterocycles. The molecule has 0 aromatic carbocycles. The van der Waals surface area contributed by atoms with E-state index in [4.69, 9.17) is 10.00 Å². The Morgan fingerprint density at radius 2 is 2.56 bits per heavy atom. The number of ether oxygens (including phenoxy) is 1. The quantitative estimate of drug-likeness (QED) is 0.744. The van der Waals surface area contributed by atoms with Crippen LogP contribution in [0.4, 0.5) is 0 Å². The molecule has 0 spiro atoms. The van der Waals surface area contributed by atoms with Gasteiger partial charge >= 0.3 is 0 Å². The van der Waals surface area contributed by atoms with Crippen LogP contribution in [0.3, 0.4) is 0 Å². The van der Waals surface area contributed by atoms with Crippen molar-refractivity contribution in [1.82, 2.24) is 9.88 Å². The van der Waals surface area contributed by atoms with E-state index in [0.717, 1.165) is 18.8 Å². The van der Waals surface area contributed by atoms with Crippen LogP contribution in [0.5, 0.6) is 0 Å². The molecule has 0 N–H and O–H groups in total. The van der Waals surface area contributed by atoms with Crippen LogP contribution in [0, 0.1) is 18.3 Å². The lowest BCUT2D eigenvalue weighted by Gasteiger charge is -2.29. The van der Waals surface area contributed by atoms with Gasteiger partial charge in [-0.3, -0.25) is 9.88 Å². The molecular weight excluding hydrogens is 202 g/mol. The fourth-order valence-corrected chi connectivity index (χ4v) is 1.82. The fourth-order valence-electron chi connectivity index (χ4n) is 1.82. The molecule has 2 heterocycles. The standard InChI is InChI=1S/C12H15N3O/c1-10-3-2-4-14-12(10)9-15-5-6-16-11(7-13)8-15/h2-4,11H,5-6,8-9H2,1H3. The average Bonchev–Trinajstić information content (AvgIpc) is 2.32. The second-order valence-electron chi connectivity index (χ2n) is 3.99. The number of rotatable bonds is 2. The van der Waals surface area contributed by atoms with Crippen molar-refractivity contribution in [3.8, 4) is 6.07 Å². The normalized spacial score (nSPS) is 21.6. The van der Waals surface area contributed by atoms with Crippen LogP contribution in [-0.4, -0.2) is 35.7 Å². The van der Waals surface area contributed by atoms with E-state index in [1.165, 1.54) is 5.56 Å². The van der Waals surface area contributed by atoms with Crippen molar-refractivity contribution in [2.24, 2.45) is 0 Å². The molecule has 1 atom stereocenters. The summed E-state index contributed by atoms with van der Waals surface area (Å²) in [5.41, 5.74) is 2.28. The average molecular weight is 217 g/mol. The molecule has 1 fully saturated rings. The Kier molecular flexibility index (Phi) is 3.50. The predicted molar refractivity (Wildman–Crippen MR) is 59.6 cm³/mol. The number of aromatic nitrogens is 1. The summed E-state index contributed by atoms with van der Waals surface area (Å²) in [6.07, 6.45) is 1.52. The summed E-state index contributed by atoms with van der Waals surface area (Å²) in [7, 11) is 0. The maximum Gasteiger partial charge on any atom is 0.156 e. The highest BCUT2D eigenvalue weighted by Crippen LogP contribution is 2.11. The Morgan fingerprint density at radius 3 is 3.31 bits per heavy atom. The lowest BCUT2D eigenvalue weighted by Crippen LogP contribution is -2.41. The molecule has 0 amide bonds. The van der Waals surface area contributed by atoms with Crippen LogP contribution < -0.4 is 0 Å². The van der Waals surface area contributed by atoms with Gasteiger partial charge in [-0.05, 0) is 18.6 Å². The summed E-state index contributed by atoms with van der Waals surface area (Å²) in [6, 6.07) is 6.15. The Labute approximate surface area is 95.5 Å². The molecule has 4 nitrogen and oxygen atoms in total. The van der Waals surface area contributed by atoms with Crippen molar-refractivity contribution in [1.29, 1.82) is 5.26 Å². The highest BCUT2D eigenvalue weighted by atomic mass is 16.5. The van der Waals surface area contributed by atoms with Crippen LogP contribution in [0.25, 0.3) is 0 Å². The molecule has 1 aliphatic rings. The van der Waals surface area contributed by atoms with E-state index in [9.17, 15) is 0 Å². The molecule has 4 heteroatoms. The molecule has 16 heavy (non-hydrogen) atoms. The molecule has 0 aliphatic carbocycles. The molecule has 0 bridgehead atoms. The molecule has 1 unspecified atom stereocenters. The number of hydrogen-bond acceptors (Lipinski definition) is 4. The summed E-state index contributed by atoms with van der Waals surface area (Å²) in [6.45, 7) is 5.03. The summed E-state index contributed by atoms with van der Waals surface area (Å²) in [4.78, 5) is 6.57. The fraction of sp³-hybridized carbons (Fsp3) is 0.500. The largest absolute Gasteiger partial charge is 0.361 e. The maximum absolute atomic E-state index is 8.81. The van der Waals surface area contributed by atoms with E-state index in [2.05, 4.69) is 28.9 Å². The number of pyridine rings is 1.